The van der Waals surface area contributed by atoms with Crippen LogP contribution in [0.25, 0.3) is 0 Å². The first-order valence-electron chi connectivity index (χ1n) is 4.52. The van der Waals surface area contributed by atoms with Crippen LogP contribution < -0.4 is 10.9 Å². The zero-order valence-corrected chi connectivity index (χ0v) is 8.68. The van der Waals surface area contributed by atoms with Gasteiger partial charge in [0.15, 0.2) is 0 Å². The summed E-state index contributed by atoms with van der Waals surface area (Å²) in [4.78, 5) is 22.1. The number of hydrogen-bond donors (Lipinski definition) is 2. The Bertz CT molecular complexity index is 188. The molecule has 4 heteroatoms. The molecule has 0 aliphatic rings. The maximum Gasteiger partial charge on any atom is 0.240 e. The van der Waals surface area contributed by atoms with Gasteiger partial charge >= 0.3 is 0 Å². The van der Waals surface area contributed by atoms with E-state index in [2.05, 4.69) is 10.9 Å². The Hall–Kier alpha value is -1.06. The molecular weight excluding hydrogens is 168 g/mol. The highest BCUT2D eigenvalue weighted by molar-refractivity contribution is 5.82. The van der Waals surface area contributed by atoms with E-state index in [1.807, 2.05) is 13.8 Å². The van der Waals surface area contributed by atoms with Crippen molar-refractivity contribution in [2.24, 2.45) is 11.8 Å². The lowest BCUT2D eigenvalue weighted by Crippen LogP contribution is -2.43. The van der Waals surface area contributed by atoms with Crippen molar-refractivity contribution in [1.82, 2.24) is 10.9 Å². The number of carbonyl (C=O) groups is 2. The van der Waals surface area contributed by atoms with E-state index in [-0.39, 0.29) is 17.7 Å². The first kappa shape index (κ1) is 11.9. The summed E-state index contributed by atoms with van der Waals surface area (Å²) in [5.41, 5.74) is 4.71. The molecule has 0 radical (unpaired) electrons. The maximum atomic E-state index is 11.1. The van der Waals surface area contributed by atoms with Crippen LogP contribution >= 0.6 is 0 Å². The predicted molar refractivity (Wildman–Crippen MR) is 50.6 cm³/mol. The first-order valence-corrected chi connectivity index (χ1v) is 4.52. The number of carbonyl (C=O) groups excluding carboxylic acids is 2. The fourth-order valence-electron chi connectivity index (χ4n) is 0.697. The Morgan fingerprint density at radius 3 is 2.00 bits per heavy atom. The number of amides is 2. The predicted octanol–water partition coefficient (Wildman–Crippen LogP) is 0.836. The van der Waals surface area contributed by atoms with Crippen molar-refractivity contribution in [1.29, 1.82) is 0 Å². The second kappa shape index (κ2) is 5.56. The van der Waals surface area contributed by atoms with Crippen molar-refractivity contribution in [2.75, 3.05) is 0 Å². The lowest BCUT2D eigenvalue weighted by molar-refractivity contribution is -0.130. The Morgan fingerprint density at radius 1 is 1.08 bits per heavy atom. The van der Waals surface area contributed by atoms with Crippen molar-refractivity contribution < 1.29 is 9.59 Å². The summed E-state index contributed by atoms with van der Waals surface area (Å²) in [6.07, 6.45) is 0.429. The molecule has 0 aliphatic carbocycles. The van der Waals surface area contributed by atoms with Gasteiger partial charge in [0.05, 0.1) is 0 Å². The largest absolute Gasteiger partial charge is 0.273 e. The molecule has 0 aromatic heterocycles. The second-order valence-corrected chi connectivity index (χ2v) is 3.79. The van der Waals surface area contributed by atoms with Crippen molar-refractivity contribution in [2.45, 2.75) is 34.1 Å². The molecular formula is C9H18N2O2. The van der Waals surface area contributed by atoms with Crippen LogP contribution in [0.15, 0.2) is 0 Å². The van der Waals surface area contributed by atoms with Gasteiger partial charge in [-0.3, -0.25) is 20.4 Å². The van der Waals surface area contributed by atoms with Gasteiger partial charge in [-0.05, 0) is 5.92 Å². The van der Waals surface area contributed by atoms with Crippen LogP contribution in [0.2, 0.25) is 0 Å². The van der Waals surface area contributed by atoms with E-state index in [0.29, 0.717) is 12.3 Å². The average molecular weight is 186 g/mol. The van der Waals surface area contributed by atoms with Crippen LogP contribution in [0.3, 0.4) is 0 Å². The van der Waals surface area contributed by atoms with Gasteiger partial charge in [-0.25, -0.2) is 0 Å². The minimum absolute atomic E-state index is 0.112. The summed E-state index contributed by atoms with van der Waals surface area (Å²) in [6.45, 7) is 7.43. The standard InChI is InChI=1S/C9H18N2O2/c1-6(2)5-8(12)10-11-9(13)7(3)4/h6-7H,5H2,1-4H3,(H,10,12)(H,11,13). The molecule has 4 nitrogen and oxygen atoms in total. The average Bonchev–Trinajstić information content (AvgIpc) is 1.98. The molecule has 76 valence electrons. The number of hydrogen-bond acceptors (Lipinski definition) is 2. The fraction of sp³-hybridized carbons (Fsp3) is 0.778. The Kier molecular flexibility index (Phi) is 5.11. The normalized spacial score (nSPS) is 10.3. The SMILES string of the molecule is CC(C)CC(=O)NNC(=O)C(C)C. The fourth-order valence-corrected chi connectivity index (χ4v) is 0.697. The molecule has 0 bridgehead atoms. The lowest BCUT2D eigenvalue weighted by Gasteiger charge is -2.09. The Balaban J connectivity index is 3.64. The van der Waals surface area contributed by atoms with Gasteiger partial charge in [0.2, 0.25) is 11.8 Å². The summed E-state index contributed by atoms with van der Waals surface area (Å²) in [6, 6.07) is 0. The summed E-state index contributed by atoms with van der Waals surface area (Å²) in [5.74, 6) is -0.128. The second-order valence-electron chi connectivity index (χ2n) is 3.79. The minimum Gasteiger partial charge on any atom is -0.273 e. The molecule has 0 aliphatic heterocycles. The van der Waals surface area contributed by atoms with Crippen LogP contribution in [-0.4, -0.2) is 11.8 Å². The van der Waals surface area contributed by atoms with E-state index in [4.69, 9.17) is 0 Å². The summed E-state index contributed by atoms with van der Waals surface area (Å²) < 4.78 is 0. The van der Waals surface area contributed by atoms with E-state index in [9.17, 15) is 9.59 Å². The van der Waals surface area contributed by atoms with Crippen LogP contribution in [-0.2, 0) is 9.59 Å². The van der Waals surface area contributed by atoms with Gasteiger partial charge in [-0.15, -0.1) is 0 Å². The quantitative estimate of drug-likeness (QED) is 0.641. The van der Waals surface area contributed by atoms with E-state index in [1.54, 1.807) is 13.8 Å². The molecule has 0 fully saturated rings. The van der Waals surface area contributed by atoms with Gasteiger partial charge in [-0.1, -0.05) is 27.7 Å². The highest BCUT2D eigenvalue weighted by atomic mass is 16.2. The van der Waals surface area contributed by atoms with Gasteiger partial charge in [0, 0.05) is 12.3 Å². The molecule has 0 spiro atoms. The van der Waals surface area contributed by atoms with Crippen LogP contribution in [0.4, 0.5) is 0 Å². The molecule has 0 saturated carbocycles. The zero-order valence-electron chi connectivity index (χ0n) is 8.68. The highest BCUT2D eigenvalue weighted by Crippen LogP contribution is 1.97. The maximum absolute atomic E-state index is 11.1. The number of hydrazine groups is 1. The third-order valence-corrected chi connectivity index (χ3v) is 1.44. The Morgan fingerprint density at radius 2 is 1.62 bits per heavy atom. The Labute approximate surface area is 79.1 Å². The third-order valence-electron chi connectivity index (χ3n) is 1.44. The summed E-state index contributed by atoms with van der Waals surface area (Å²) >= 11 is 0. The topological polar surface area (TPSA) is 58.2 Å². The first-order chi connectivity index (χ1) is 5.93. The summed E-state index contributed by atoms with van der Waals surface area (Å²) in [7, 11) is 0. The van der Waals surface area contributed by atoms with Gasteiger partial charge in [0.25, 0.3) is 0 Å². The molecule has 0 rings (SSSR count). The number of rotatable bonds is 3. The summed E-state index contributed by atoms with van der Waals surface area (Å²) in [5, 5.41) is 0. The van der Waals surface area contributed by atoms with Crippen LogP contribution in [0.1, 0.15) is 34.1 Å². The molecule has 0 unspecified atom stereocenters. The van der Waals surface area contributed by atoms with Crippen molar-refractivity contribution in [3.8, 4) is 0 Å². The van der Waals surface area contributed by atoms with Crippen molar-refractivity contribution in [3.05, 3.63) is 0 Å². The molecule has 13 heavy (non-hydrogen) atoms. The molecule has 0 heterocycles. The minimum atomic E-state index is -0.169. The van der Waals surface area contributed by atoms with Crippen molar-refractivity contribution in [3.63, 3.8) is 0 Å². The van der Waals surface area contributed by atoms with Gasteiger partial charge in [0.1, 0.15) is 0 Å². The molecule has 2 N–H and O–H groups in total. The third kappa shape index (κ3) is 6.13. The molecule has 0 saturated heterocycles. The molecule has 2 amide bonds. The zero-order chi connectivity index (χ0) is 10.4. The molecule has 0 atom stereocenters. The van der Waals surface area contributed by atoms with Crippen LogP contribution in [0.5, 0.6) is 0 Å². The van der Waals surface area contributed by atoms with E-state index in [1.165, 1.54) is 0 Å². The van der Waals surface area contributed by atoms with E-state index >= 15 is 0 Å². The van der Waals surface area contributed by atoms with Gasteiger partial charge in [-0.2, -0.15) is 0 Å². The van der Waals surface area contributed by atoms with Crippen LogP contribution in [0, 0.1) is 11.8 Å². The van der Waals surface area contributed by atoms with E-state index < -0.39 is 0 Å². The molecule has 0 aromatic carbocycles. The van der Waals surface area contributed by atoms with E-state index in [0.717, 1.165) is 0 Å². The number of nitrogens with one attached hydrogen (secondary N) is 2. The monoisotopic (exact) mass is 186 g/mol. The lowest BCUT2D eigenvalue weighted by atomic mass is 10.1. The van der Waals surface area contributed by atoms with Crippen molar-refractivity contribution >= 4 is 11.8 Å². The molecule has 0 aromatic rings. The highest BCUT2D eigenvalue weighted by Gasteiger charge is 2.08. The van der Waals surface area contributed by atoms with Gasteiger partial charge < -0.3 is 0 Å². The smallest absolute Gasteiger partial charge is 0.240 e.